The van der Waals surface area contributed by atoms with Crippen molar-refractivity contribution in [2.24, 2.45) is 4.76 Å². The van der Waals surface area contributed by atoms with Crippen molar-refractivity contribution < 1.29 is 9.05 Å². The number of likely N-dealkylation sites (N-methyl/N-ethyl adjacent to an activating group) is 2. The minimum Gasteiger partial charge on any atom is -0.344 e. The van der Waals surface area contributed by atoms with Crippen LogP contribution in [0.2, 0.25) is 0 Å². The maximum Gasteiger partial charge on any atom is 0.311 e. The van der Waals surface area contributed by atoms with E-state index in [1.54, 1.807) is 0 Å². The standard InChI is InChI=1S/C7H16N3O2PS/c1-9-5-6-10(2)7(9)8-13(14,11-3)12-4/h5-6H2,1-4H3. The lowest BCUT2D eigenvalue weighted by atomic mass is 10.6. The summed E-state index contributed by atoms with van der Waals surface area (Å²) in [5.74, 6) is 0.844. The van der Waals surface area contributed by atoms with Gasteiger partial charge in [-0.25, -0.2) is 0 Å². The average Bonchev–Trinajstić information content (AvgIpc) is 2.49. The van der Waals surface area contributed by atoms with Crippen LogP contribution in [0.5, 0.6) is 0 Å². The Hall–Kier alpha value is -0.160. The molecule has 1 rings (SSSR count). The summed E-state index contributed by atoms with van der Waals surface area (Å²) in [5.41, 5.74) is 0. The van der Waals surface area contributed by atoms with Gasteiger partial charge in [0.1, 0.15) is 0 Å². The first-order chi connectivity index (χ1) is 6.52. The average molecular weight is 237 g/mol. The van der Waals surface area contributed by atoms with Gasteiger partial charge in [0.05, 0.1) is 0 Å². The van der Waals surface area contributed by atoms with Crippen molar-refractivity contribution in [3.63, 3.8) is 0 Å². The SMILES string of the molecule is COP(=S)(N=C1N(C)CCN1C)OC. The quantitative estimate of drug-likeness (QED) is 0.677. The zero-order chi connectivity index (χ0) is 10.8. The zero-order valence-electron chi connectivity index (χ0n) is 8.93. The first kappa shape index (κ1) is 11.9. The molecule has 0 spiro atoms. The van der Waals surface area contributed by atoms with Gasteiger partial charge < -0.3 is 18.8 Å². The highest BCUT2D eigenvalue weighted by molar-refractivity contribution is 8.09. The van der Waals surface area contributed by atoms with Crippen LogP contribution in [-0.2, 0) is 20.9 Å². The van der Waals surface area contributed by atoms with Crippen LogP contribution in [0.1, 0.15) is 0 Å². The third-order valence-electron chi connectivity index (χ3n) is 2.13. The van der Waals surface area contributed by atoms with Gasteiger partial charge in [-0.05, 0) is 11.8 Å². The van der Waals surface area contributed by atoms with Gasteiger partial charge in [-0.3, -0.25) is 0 Å². The topological polar surface area (TPSA) is 37.3 Å². The van der Waals surface area contributed by atoms with Crippen LogP contribution in [0.4, 0.5) is 0 Å². The summed E-state index contributed by atoms with van der Waals surface area (Å²) in [7, 11) is 7.02. The Morgan fingerprint density at radius 2 is 1.64 bits per heavy atom. The second-order valence-corrected chi connectivity index (χ2v) is 6.33. The number of rotatable bonds is 3. The maximum absolute atomic E-state index is 5.17. The van der Waals surface area contributed by atoms with Crippen molar-refractivity contribution >= 4 is 24.4 Å². The third-order valence-corrected chi connectivity index (χ3v) is 4.61. The first-order valence-corrected chi connectivity index (χ1v) is 6.85. The highest BCUT2D eigenvalue weighted by Crippen LogP contribution is 2.49. The summed E-state index contributed by atoms with van der Waals surface area (Å²) in [6.45, 7) is -0.554. The summed E-state index contributed by atoms with van der Waals surface area (Å²) in [6.07, 6.45) is 0. The monoisotopic (exact) mass is 237 g/mol. The molecule has 0 N–H and O–H groups in total. The Balaban J connectivity index is 2.90. The molecule has 0 unspecified atom stereocenters. The fourth-order valence-corrected chi connectivity index (χ4v) is 2.27. The molecule has 0 saturated carbocycles. The van der Waals surface area contributed by atoms with Crippen molar-refractivity contribution in [2.45, 2.75) is 0 Å². The van der Waals surface area contributed by atoms with Gasteiger partial charge in [0, 0.05) is 41.4 Å². The normalized spacial score (nSPS) is 17.9. The van der Waals surface area contributed by atoms with Gasteiger partial charge in [0.2, 0.25) is 5.96 Å². The minimum absolute atomic E-state index is 0.844. The molecule has 0 aromatic carbocycles. The fourth-order valence-electron chi connectivity index (χ4n) is 1.21. The molecule has 0 amide bonds. The molecule has 1 aliphatic heterocycles. The third kappa shape index (κ3) is 2.45. The molecule has 0 aromatic rings. The first-order valence-electron chi connectivity index (χ1n) is 4.26. The number of hydrogen-bond donors (Lipinski definition) is 0. The van der Waals surface area contributed by atoms with E-state index in [1.165, 1.54) is 14.2 Å². The molecule has 82 valence electrons. The smallest absolute Gasteiger partial charge is 0.311 e. The van der Waals surface area contributed by atoms with Gasteiger partial charge in [-0.2, -0.15) is 4.76 Å². The maximum atomic E-state index is 5.17. The van der Waals surface area contributed by atoms with Crippen LogP contribution < -0.4 is 0 Å². The molecule has 0 aliphatic carbocycles. The second kappa shape index (κ2) is 4.57. The van der Waals surface area contributed by atoms with Crippen LogP contribution in [0.25, 0.3) is 0 Å². The Morgan fingerprint density at radius 3 is 2.00 bits per heavy atom. The summed E-state index contributed by atoms with van der Waals surface area (Å²) in [5, 5.41) is 0. The van der Waals surface area contributed by atoms with Crippen LogP contribution >= 0.6 is 6.64 Å². The van der Waals surface area contributed by atoms with E-state index in [0.29, 0.717) is 0 Å². The lowest BCUT2D eigenvalue weighted by molar-refractivity contribution is 0.337. The number of hydrogen-bond acceptors (Lipinski definition) is 3. The molecule has 1 heterocycles. The van der Waals surface area contributed by atoms with Gasteiger partial charge in [-0.15, -0.1) is 0 Å². The van der Waals surface area contributed by atoms with E-state index in [-0.39, 0.29) is 0 Å². The molecular formula is C7H16N3O2PS. The van der Waals surface area contributed by atoms with E-state index >= 15 is 0 Å². The highest BCUT2D eigenvalue weighted by Gasteiger charge is 2.24. The molecule has 0 atom stereocenters. The number of guanidine groups is 1. The summed E-state index contributed by atoms with van der Waals surface area (Å²) < 4.78 is 14.6. The van der Waals surface area contributed by atoms with Crippen LogP contribution in [-0.4, -0.2) is 57.2 Å². The predicted octanol–water partition coefficient (Wildman–Crippen LogP) is 0.737. The molecule has 0 aromatic heterocycles. The highest BCUT2D eigenvalue weighted by atomic mass is 32.5. The molecule has 14 heavy (non-hydrogen) atoms. The van der Waals surface area contributed by atoms with Crippen LogP contribution in [0.3, 0.4) is 0 Å². The number of nitrogens with zero attached hydrogens (tertiary/aromatic N) is 3. The van der Waals surface area contributed by atoms with Gasteiger partial charge in [-0.1, -0.05) is 0 Å². The summed E-state index contributed by atoms with van der Waals surface area (Å²) in [6, 6.07) is 0. The molecular weight excluding hydrogens is 221 g/mol. The van der Waals surface area contributed by atoms with Gasteiger partial charge in [0.15, 0.2) is 0 Å². The van der Waals surface area contributed by atoms with E-state index in [2.05, 4.69) is 4.76 Å². The van der Waals surface area contributed by atoms with Gasteiger partial charge in [0.25, 0.3) is 0 Å². The predicted molar refractivity (Wildman–Crippen MR) is 61.0 cm³/mol. The second-order valence-electron chi connectivity index (χ2n) is 3.08. The Labute approximate surface area is 89.9 Å². The molecule has 7 heteroatoms. The lowest BCUT2D eigenvalue weighted by Crippen LogP contribution is -2.28. The van der Waals surface area contributed by atoms with E-state index in [9.17, 15) is 0 Å². The molecule has 5 nitrogen and oxygen atoms in total. The minimum atomic E-state index is -2.47. The molecule has 0 bridgehead atoms. The lowest BCUT2D eigenvalue weighted by Gasteiger charge is -2.19. The molecule has 1 fully saturated rings. The van der Waals surface area contributed by atoms with E-state index in [4.69, 9.17) is 20.9 Å². The van der Waals surface area contributed by atoms with E-state index < -0.39 is 6.64 Å². The van der Waals surface area contributed by atoms with Crippen LogP contribution in [0, 0.1) is 0 Å². The molecule has 0 radical (unpaired) electrons. The molecule has 1 aliphatic rings. The van der Waals surface area contributed by atoms with Gasteiger partial charge >= 0.3 is 6.64 Å². The van der Waals surface area contributed by atoms with E-state index in [0.717, 1.165) is 19.0 Å². The largest absolute Gasteiger partial charge is 0.344 e. The molecule has 1 saturated heterocycles. The van der Waals surface area contributed by atoms with E-state index in [1.807, 2.05) is 23.9 Å². The van der Waals surface area contributed by atoms with Crippen molar-refractivity contribution in [3.05, 3.63) is 0 Å². The van der Waals surface area contributed by atoms with Crippen molar-refractivity contribution in [3.8, 4) is 0 Å². The summed E-state index contributed by atoms with van der Waals surface area (Å²) >= 11 is 5.17. The van der Waals surface area contributed by atoms with Crippen molar-refractivity contribution in [1.29, 1.82) is 0 Å². The van der Waals surface area contributed by atoms with Crippen molar-refractivity contribution in [2.75, 3.05) is 41.4 Å². The summed E-state index contributed by atoms with van der Waals surface area (Å²) in [4.78, 5) is 4.08. The Kier molecular flexibility index (Phi) is 3.89. The van der Waals surface area contributed by atoms with Crippen LogP contribution in [0.15, 0.2) is 4.76 Å². The van der Waals surface area contributed by atoms with Crippen molar-refractivity contribution in [1.82, 2.24) is 9.80 Å². The Morgan fingerprint density at radius 1 is 1.21 bits per heavy atom. The fraction of sp³-hybridized carbons (Fsp3) is 0.857. The Bertz CT molecular complexity index is 264. The zero-order valence-corrected chi connectivity index (χ0v) is 10.6.